The Kier molecular flexibility index (Phi) is 9.92. The van der Waals surface area contributed by atoms with Gasteiger partial charge in [0.25, 0.3) is 5.91 Å². The predicted molar refractivity (Wildman–Crippen MR) is 158 cm³/mol. The van der Waals surface area contributed by atoms with Crippen LogP contribution in [0.25, 0.3) is 0 Å². The fourth-order valence-electron chi connectivity index (χ4n) is 4.53. The molecule has 1 amide bonds. The van der Waals surface area contributed by atoms with E-state index in [9.17, 15) is 4.79 Å². The highest BCUT2D eigenvalue weighted by Gasteiger charge is 2.35. The van der Waals surface area contributed by atoms with Crippen LogP contribution in [0.4, 0.5) is 11.6 Å². The lowest BCUT2D eigenvalue weighted by Gasteiger charge is -2.29. The van der Waals surface area contributed by atoms with Crippen LogP contribution in [0.2, 0.25) is 0 Å². The molecule has 0 bridgehead atoms. The average Bonchev–Trinajstić information content (AvgIpc) is 3.32. The van der Waals surface area contributed by atoms with Crippen LogP contribution < -0.4 is 20.1 Å². The van der Waals surface area contributed by atoms with Gasteiger partial charge >= 0.3 is 0 Å². The first-order valence-corrected chi connectivity index (χ1v) is 14.8. The Hall–Kier alpha value is -3.46. The fraction of sp³-hybridized carbons (Fsp3) is 0.433. The Labute approximate surface area is 235 Å². The largest absolute Gasteiger partial charge is 0.490 e. The van der Waals surface area contributed by atoms with E-state index in [1.165, 1.54) is 0 Å². The molecule has 4 rings (SSSR count). The van der Waals surface area contributed by atoms with Crippen molar-refractivity contribution in [2.24, 2.45) is 0 Å². The van der Waals surface area contributed by atoms with Crippen molar-refractivity contribution in [3.05, 3.63) is 64.9 Å². The van der Waals surface area contributed by atoms with E-state index in [0.29, 0.717) is 41.4 Å². The number of nitrogens with one attached hydrogen (secondary N) is 2. The third-order valence-electron chi connectivity index (χ3n) is 6.38. The van der Waals surface area contributed by atoms with Gasteiger partial charge in [0.05, 0.1) is 18.8 Å². The van der Waals surface area contributed by atoms with Crippen LogP contribution in [-0.4, -0.2) is 39.6 Å². The second-order valence-corrected chi connectivity index (χ2v) is 10.7. The predicted octanol–water partition coefficient (Wildman–Crippen LogP) is 6.98. The molecule has 0 radical (unpaired) electrons. The third-order valence-corrected chi connectivity index (χ3v) is 7.42. The summed E-state index contributed by atoms with van der Waals surface area (Å²) in [5, 5.41) is 11.9. The monoisotopic (exact) mass is 549 g/mol. The molecule has 1 atom stereocenters. The van der Waals surface area contributed by atoms with Crippen molar-refractivity contribution >= 4 is 29.3 Å². The number of allylic oxidation sites excluding steroid dienone is 1. The van der Waals surface area contributed by atoms with Crippen molar-refractivity contribution in [1.29, 1.82) is 0 Å². The first-order valence-electron chi connectivity index (χ1n) is 13.8. The molecule has 208 valence electrons. The van der Waals surface area contributed by atoms with Gasteiger partial charge in [0.2, 0.25) is 11.1 Å². The van der Waals surface area contributed by atoms with Gasteiger partial charge in [0, 0.05) is 17.1 Å². The summed E-state index contributed by atoms with van der Waals surface area (Å²) < 4.78 is 13.9. The number of thioether (sulfide) groups is 1. The molecule has 9 heteroatoms. The van der Waals surface area contributed by atoms with Gasteiger partial charge in [0.15, 0.2) is 11.5 Å². The van der Waals surface area contributed by atoms with E-state index in [0.717, 1.165) is 53.9 Å². The van der Waals surface area contributed by atoms with E-state index >= 15 is 0 Å². The summed E-state index contributed by atoms with van der Waals surface area (Å²) in [5.41, 5.74) is 3.99. The molecular weight excluding hydrogens is 510 g/mol. The highest BCUT2D eigenvalue weighted by molar-refractivity contribution is 7.99. The van der Waals surface area contributed by atoms with Gasteiger partial charge in [-0.1, -0.05) is 56.7 Å². The zero-order chi connectivity index (χ0) is 27.8. The number of hydrogen-bond donors (Lipinski definition) is 2. The highest BCUT2D eigenvalue weighted by Crippen LogP contribution is 2.40. The summed E-state index contributed by atoms with van der Waals surface area (Å²) >= 11 is 1.61. The van der Waals surface area contributed by atoms with Gasteiger partial charge < -0.3 is 20.1 Å². The normalized spacial score (nSPS) is 14.5. The van der Waals surface area contributed by atoms with Crippen molar-refractivity contribution < 1.29 is 14.3 Å². The summed E-state index contributed by atoms with van der Waals surface area (Å²) in [6, 6.07) is 13.2. The van der Waals surface area contributed by atoms with E-state index in [1.54, 1.807) is 11.8 Å². The molecule has 1 aliphatic heterocycles. The summed E-state index contributed by atoms with van der Waals surface area (Å²) in [7, 11) is 0. The molecule has 0 saturated heterocycles. The second-order valence-electron chi connectivity index (χ2n) is 9.60. The number of fused-ring (bicyclic) bond motifs is 1. The van der Waals surface area contributed by atoms with Crippen LogP contribution in [0.1, 0.15) is 70.5 Å². The van der Waals surface area contributed by atoms with Gasteiger partial charge in [-0.15, -0.1) is 5.10 Å². The molecule has 1 aliphatic rings. The van der Waals surface area contributed by atoms with Crippen molar-refractivity contribution in [2.45, 2.75) is 71.5 Å². The number of ether oxygens (including phenoxy) is 2. The number of unbranched alkanes of at least 4 members (excludes halogenated alkanes) is 2. The number of anilines is 2. The smallest absolute Gasteiger partial charge is 0.255 e. The van der Waals surface area contributed by atoms with Crippen LogP contribution in [0.5, 0.6) is 11.5 Å². The highest BCUT2D eigenvalue weighted by atomic mass is 32.2. The second kappa shape index (κ2) is 13.6. The van der Waals surface area contributed by atoms with E-state index in [1.807, 2.05) is 67.9 Å². The number of rotatable bonds is 13. The molecule has 3 aromatic rings. The maximum atomic E-state index is 13.8. The van der Waals surface area contributed by atoms with Gasteiger partial charge in [-0.3, -0.25) is 4.79 Å². The van der Waals surface area contributed by atoms with E-state index in [-0.39, 0.29) is 5.91 Å². The number of aromatic nitrogens is 3. The molecule has 0 spiro atoms. The van der Waals surface area contributed by atoms with E-state index in [2.05, 4.69) is 24.5 Å². The summed E-state index contributed by atoms with van der Waals surface area (Å²) in [6.45, 7) is 11.3. The van der Waals surface area contributed by atoms with Crippen LogP contribution in [-0.2, 0) is 4.79 Å². The van der Waals surface area contributed by atoms with Crippen LogP contribution in [0.3, 0.4) is 0 Å². The number of hydrogen-bond acceptors (Lipinski definition) is 7. The number of carbonyl (C=O) groups excluding carboxylic acids is 1. The molecule has 2 heterocycles. The lowest BCUT2D eigenvalue weighted by Crippen LogP contribution is -2.31. The number of nitrogens with zero attached hydrogens (tertiary/aromatic N) is 3. The number of aryl methyl sites for hydroxylation is 1. The van der Waals surface area contributed by atoms with Gasteiger partial charge in [-0.05, 0) is 69.0 Å². The minimum atomic E-state index is -0.497. The minimum absolute atomic E-state index is 0.197. The van der Waals surface area contributed by atoms with Crippen molar-refractivity contribution in [3.8, 4) is 11.5 Å². The van der Waals surface area contributed by atoms with E-state index < -0.39 is 6.04 Å². The number of benzene rings is 2. The van der Waals surface area contributed by atoms with Crippen LogP contribution >= 0.6 is 11.8 Å². The van der Waals surface area contributed by atoms with Gasteiger partial charge in [-0.2, -0.15) is 4.98 Å². The Balaban J connectivity index is 1.74. The zero-order valence-electron chi connectivity index (χ0n) is 23.5. The van der Waals surface area contributed by atoms with Crippen LogP contribution in [0, 0.1) is 6.92 Å². The van der Waals surface area contributed by atoms with Gasteiger partial charge in [0.1, 0.15) is 6.04 Å². The average molecular weight is 550 g/mol. The molecular formula is C30H39N5O3S. The summed E-state index contributed by atoms with van der Waals surface area (Å²) in [4.78, 5) is 18.5. The topological polar surface area (TPSA) is 90.3 Å². The maximum Gasteiger partial charge on any atom is 0.255 e. The lowest BCUT2D eigenvalue weighted by molar-refractivity contribution is -0.113. The summed E-state index contributed by atoms with van der Waals surface area (Å²) in [6.07, 6.45) is 4.26. The maximum absolute atomic E-state index is 13.8. The zero-order valence-corrected chi connectivity index (χ0v) is 24.4. The van der Waals surface area contributed by atoms with Crippen molar-refractivity contribution in [2.75, 3.05) is 29.6 Å². The number of carbonyl (C=O) groups is 1. The first-order chi connectivity index (χ1) is 18.9. The quantitative estimate of drug-likeness (QED) is 0.175. The summed E-state index contributed by atoms with van der Waals surface area (Å²) in [5.74, 6) is 2.69. The molecule has 8 nitrogen and oxygen atoms in total. The fourth-order valence-corrected chi connectivity index (χ4v) is 5.21. The van der Waals surface area contributed by atoms with Crippen molar-refractivity contribution in [1.82, 2.24) is 14.8 Å². The molecule has 0 saturated carbocycles. The van der Waals surface area contributed by atoms with Crippen molar-refractivity contribution in [3.63, 3.8) is 0 Å². The Morgan fingerprint density at radius 2 is 1.90 bits per heavy atom. The van der Waals surface area contributed by atoms with Gasteiger partial charge in [-0.25, -0.2) is 4.68 Å². The number of amides is 1. The van der Waals surface area contributed by atoms with Crippen LogP contribution in [0.15, 0.2) is 58.9 Å². The minimum Gasteiger partial charge on any atom is -0.490 e. The molecule has 2 N–H and O–H groups in total. The molecule has 39 heavy (non-hydrogen) atoms. The Bertz CT molecular complexity index is 1320. The Morgan fingerprint density at radius 3 is 2.64 bits per heavy atom. The third kappa shape index (κ3) is 6.95. The molecule has 0 fully saturated rings. The molecule has 1 unspecified atom stereocenters. The standard InChI is InChI=1S/C30H39N5O3S/c1-6-9-10-16-38-24-15-14-22(19-25(24)37-8-3)27-26(28(36)32-23-13-11-12-20(4)18-23)21(5)31-29-33-30(34-35(27)29)39-17-7-2/h11-15,18-19,27H,6-10,16-17H2,1-5H3,(H,32,36)(H,31,33,34). The van der Waals surface area contributed by atoms with E-state index in [4.69, 9.17) is 19.6 Å². The molecule has 0 aliphatic carbocycles. The molecule has 2 aromatic carbocycles. The SMILES string of the molecule is CCCCCOc1ccc(C2C(C(=O)Nc3cccc(C)c3)=C(C)Nc3nc(SCCC)nn32)cc1OCC. The lowest BCUT2D eigenvalue weighted by atomic mass is 9.94. The first kappa shape index (κ1) is 28.5. The molecule has 1 aromatic heterocycles. The Morgan fingerprint density at radius 1 is 1.05 bits per heavy atom.